The molecular weight excluding hydrogens is 332 g/mol. The second-order valence-corrected chi connectivity index (χ2v) is 7.27. The van der Waals surface area contributed by atoms with Crippen molar-refractivity contribution in [3.8, 4) is 5.75 Å². The lowest BCUT2D eigenvalue weighted by Gasteiger charge is -2.12. The monoisotopic (exact) mass is 356 g/mol. The highest BCUT2D eigenvalue weighted by molar-refractivity contribution is 7.09. The highest BCUT2D eigenvalue weighted by Gasteiger charge is 2.06. The van der Waals surface area contributed by atoms with Gasteiger partial charge >= 0.3 is 0 Å². The lowest BCUT2D eigenvalue weighted by molar-refractivity contribution is 0.305. The molecule has 1 N–H and O–H groups in total. The van der Waals surface area contributed by atoms with E-state index in [4.69, 9.17) is 4.74 Å². The number of benzene rings is 1. The molecule has 1 atom stereocenters. The minimum atomic E-state index is 0.519. The number of ether oxygens (including phenoxy) is 1. The average molecular weight is 356 g/mol. The molecule has 0 spiro atoms. The second-order valence-electron chi connectivity index (χ2n) is 6.33. The number of rotatable bonds is 9. The Hall–Kier alpha value is -2.18. The number of thiazole rings is 1. The summed E-state index contributed by atoms with van der Waals surface area (Å²) < 4.78 is 7.89. The summed E-state index contributed by atoms with van der Waals surface area (Å²) in [4.78, 5) is 8.70. The molecule has 2 aromatic heterocycles. The number of aromatic nitrogens is 3. The topological polar surface area (TPSA) is 52.0 Å². The number of hydrogen-bond acceptors (Lipinski definition) is 5. The summed E-state index contributed by atoms with van der Waals surface area (Å²) in [6, 6.07) is 8.09. The van der Waals surface area contributed by atoms with Gasteiger partial charge < -0.3 is 14.6 Å². The molecule has 2 heterocycles. The van der Waals surface area contributed by atoms with E-state index in [1.165, 1.54) is 5.56 Å². The van der Waals surface area contributed by atoms with E-state index in [0.717, 1.165) is 36.1 Å². The predicted molar refractivity (Wildman–Crippen MR) is 101 cm³/mol. The van der Waals surface area contributed by atoms with Gasteiger partial charge in [-0.3, -0.25) is 0 Å². The molecule has 25 heavy (non-hydrogen) atoms. The molecule has 0 radical (unpaired) electrons. The SMILES string of the molecule is Cc1ccc(OCc2nc(CNC[C@H](C)Cn3ccnc3)cs2)cc1. The largest absolute Gasteiger partial charge is 0.486 e. The molecule has 6 heteroatoms. The first kappa shape index (κ1) is 17.6. The van der Waals surface area contributed by atoms with Crippen LogP contribution >= 0.6 is 11.3 Å². The van der Waals surface area contributed by atoms with Crippen LogP contribution in [0.1, 0.15) is 23.2 Å². The summed E-state index contributed by atoms with van der Waals surface area (Å²) in [5.74, 6) is 1.42. The third-order valence-corrected chi connectivity index (χ3v) is 4.73. The van der Waals surface area contributed by atoms with E-state index in [0.29, 0.717) is 12.5 Å². The molecule has 132 valence electrons. The zero-order valence-electron chi connectivity index (χ0n) is 14.7. The Morgan fingerprint density at radius 3 is 2.88 bits per heavy atom. The first-order valence-corrected chi connectivity index (χ1v) is 9.36. The van der Waals surface area contributed by atoms with Crippen molar-refractivity contribution in [3.63, 3.8) is 0 Å². The summed E-state index contributed by atoms with van der Waals surface area (Å²) in [5.41, 5.74) is 2.31. The molecule has 0 aliphatic heterocycles. The molecule has 0 bridgehead atoms. The van der Waals surface area contributed by atoms with E-state index < -0.39 is 0 Å². The molecule has 0 fully saturated rings. The van der Waals surface area contributed by atoms with Gasteiger partial charge in [-0.05, 0) is 31.5 Å². The van der Waals surface area contributed by atoms with Gasteiger partial charge in [-0.2, -0.15) is 0 Å². The van der Waals surface area contributed by atoms with Gasteiger partial charge in [0.05, 0.1) is 12.0 Å². The highest BCUT2D eigenvalue weighted by atomic mass is 32.1. The zero-order chi connectivity index (χ0) is 17.5. The Morgan fingerprint density at radius 1 is 1.28 bits per heavy atom. The first-order chi connectivity index (χ1) is 12.2. The molecule has 0 saturated carbocycles. The van der Waals surface area contributed by atoms with Gasteiger partial charge in [0, 0.05) is 30.9 Å². The quantitative estimate of drug-likeness (QED) is 0.636. The fraction of sp³-hybridized carbons (Fsp3) is 0.368. The maximum Gasteiger partial charge on any atom is 0.140 e. The van der Waals surface area contributed by atoms with E-state index in [2.05, 4.69) is 51.2 Å². The van der Waals surface area contributed by atoms with E-state index >= 15 is 0 Å². The molecule has 0 amide bonds. The summed E-state index contributed by atoms with van der Waals surface area (Å²) in [6.07, 6.45) is 5.67. The van der Waals surface area contributed by atoms with Crippen LogP contribution in [0.4, 0.5) is 0 Å². The van der Waals surface area contributed by atoms with E-state index in [1.54, 1.807) is 11.3 Å². The van der Waals surface area contributed by atoms with Crippen molar-refractivity contribution in [2.45, 2.75) is 33.5 Å². The minimum Gasteiger partial charge on any atom is -0.486 e. The van der Waals surface area contributed by atoms with Gasteiger partial charge in [0.15, 0.2) is 0 Å². The summed E-state index contributed by atoms with van der Waals surface area (Å²) in [6.45, 7) is 7.53. The Bertz CT molecular complexity index is 752. The van der Waals surface area contributed by atoms with Crippen molar-refractivity contribution in [1.82, 2.24) is 19.9 Å². The van der Waals surface area contributed by atoms with Gasteiger partial charge in [0.1, 0.15) is 17.4 Å². The normalized spacial score (nSPS) is 12.2. The van der Waals surface area contributed by atoms with Crippen molar-refractivity contribution >= 4 is 11.3 Å². The molecule has 3 aromatic rings. The van der Waals surface area contributed by atoms with Crippen molar-refractivity contribution in [2.24, 2.45) is 5.92 Å². The van der Waals surface area contributed by atoms with Crippen LogP contribution in [-0.2, 0) is 19.7 Å². The van der Waals surface area contributed by atoms with Crippen molar-refractivity contribution in [2.75, 3.05) is 6.54 Å². The molecular formula is C19H24N4OS. The summed E-state index contributed by atoms with van der Waals surface area (Å²) >= 11 is 1.65. The van der Waals surface area contributed by atoms with Gasteiger partial charge in [-0.15, -0.1) is 11.3 Å². The molecule has 0 aliphatic rings. The summed E-state index contributed by atoms with van der Waals surface area (Å²) in [5, 5.41) is 6.58. The molecule has 0 aliphatic carbocycles. The Morgan fingerprint density at radius 2 is 2.12 bits per heavy atom. The lowest BCUT2D eigenvalue weighted by atomic mass is 10.2. The Balaban J connectivity index is 1.38. The number of aryl methyl sites for hydroxylation is 1. The summed E-state index contributed by atoms with van der Waals surface area (Å²) in [7, 11) is 0. The molecule has 1 aromatic carbocycles. The van der Waals surface area contributed by atoms with Crippen LogP contribution < -0.4 is 10.1 Å². The molecule has 0 unspecified atom stereocenters. The van der Waals surface area contributed by atoms with Crippen molar-refractivity contribution < 1.29 is 4.74 Å². The van der Waals surface area contributed by atoms with Gasteiger partial charge in [0.2, 0.25) is 0 Å². The molecule has 0 saturated heterocycles. The third kappa shape index (κ3) is 5.69. The van der Waals surface area contributed by atoms with E-state index in [1.807, 2.05) is 30.9 Å². The van der Waals surface area contributed by atoms with Gasteiger partial charge in [-0.1, -0.05) is 24.6 Å². The number of imidazole rings is 1. The fourth-order valence-corrected chi connectivity index (χ4v) is 3.25. The van der Waals surface area contributed by atoms with Gasteiger partial charge in [-0.25, -0.2) is 9.97 Å². The molecule has 5 nitrogen and oxygen atoms in total. The number of nitrogens with one attached hydrogen (secondary N) is 1. The third-order valence-electron chi connectivity index (χ3n) is 3.86. The minimum absolute atomic E-state index is 0.519. The Labute approximate surface area is 152 Å². The van der Waals surface area contributed by atoms with Crippen LogP contribution in [0.25, 0.3) is 0 Å². The van der Waals surface area contributed by atoms with Crippen LogP contribution in [-0.4, -0.2) is 21.1 Å². The van der Waals surface area contributed by atoms with Crippen LogP contribution in [0.5, 0.6) is 5.75 Å². The highest BCUT2D eigenvalue weighted by Crippen LogP contribution is 2.16. The zero-order valence-corrected chi connectivity index (χ0v) is 15.5. The van der Waals surface area contributed by atoms with Crippen LogP contribution in [0.2, 0.25) is 0 Å². The first-order valence-electron chi connectivity index (χ1n) is 8.48. The van der Waals surface area contributed by atoms with E-state index in [9.17, 15) is 0 Å². The average Bonchev–Trinajstić information content (AvgIpc) is 3.26. The van der Waals surface area contributed by atoms with Crippen LogP contribution in [0.15, 0.2) is 48.4 Å². The maximum absolute atomic E-state index is 5.78. The fourth-order valence-electron chi connectivity index (χ4n) is 2.54. The maximum atomic E-state index is 5.78. The lowest BCUT2D eigenvalue weighted by Crippen LogP contribution is -2.23. The second kappa shape index (κ2) is 8.78. The van der Waals surface area contributed by atoms with Crippen LogP contribution in [0.3, 0.4) is 0 Å². The Kier molecular flexibility index (Phi) is 6.19. The molecule has 3 rings (SSSR count). The van der Waals surface area contributed by atoms with Crippen LogP contribution in [0, 0.1) is 12.8 Å². The standard InChI is InChI=1S/C19H24N4OS/c1-15-3-5-18(6-4-15)24-12-19-22-17(13-25-19)10-21-9-16(2)11-23-8-7-20-14-23/h3-8,13-14,16,21H,9-12H2,1-2H3/t16-/m0/s1. The smallest absolute Gasteiger partial charge is 0.140 e. The van der Waals surface area contributed by atoms with Gasteiger partial charge in [0.25, 0.3) is 0 Å². The van der Waals surface area contributed by atoms with E-state index in [-0.39, 0.29) is 0 Å². The predicted octanol–water partition coefficient (Wildman–Crippen LogP) is 3.65. The number of nitrogens with zero attached hydrogens (tertiary/aromatic N) is 3. The number of hydrogen-bond donors (Lipinski definition) is 1. The van der Waals surface area contributed by atoms with Crippen molar-refractivity contribution in [1.29, 1.82) is 0 Å². The van der Waals surface area contributed by atoms with Crippen molar-refractivity contribution in [3.05, 3.63) is 64.6 Å².